The maximum absolute atomic E-state index is 12.7. The zero-order chi connectivity index (χ0) is 24.7. The molecule has 0 radical (unpaired) electrons. The van der Waals surface area contributed by atoms with Crippen LogP contribution in [0.2, 0.25) is 5.02 Å². The molecule has 1 N–H and O–H groups in total. The highest BCUT2D eigenvalue weighted by atomic mass is 35.5. The smallest absolute Gasteiger partial charge is 0.417 e. The summed E-state index contributed by atoms with van der Waals surface area (Å²) in [6.07, 6.45) is -2.44. The van der Waals surface area contributed by atoms with Gasteiger partial charge >= 0.3 is 12.1 Å². The minimum Gasteiger partial charge on any atom is -0.493 e. The van der Waals surface area contributed by atoms with E-state index < -0.39 is 17.7 Å². The molecule has 0 aliphatic heterocycles. The first-order valence-corrected chi connectivity index (χ1v) is 10.1. The van der Waals surface area contributed by atoms with Crippen molar-refractivity contribution in [3.05, 3.63) is 82.0 Å². The molecule has 3 rings (SSSR count). The van der Waals surface area contributed by atoms with E-state index in [1.165, 1.54) is 20.4 Å². The van der Waals surface area contributed by atoms with E-state index in [9.17, 15) is 18.0 Å². The summed E-state index contributed by atoms with van der Waals surface area (Å²) in [7, 11) is 2.80. The van der Waals surface area contributed by atoms with Gasteiger partial charge in [0.15, 0.2) is 17.3 Å². The standard InChI is InChI=1S/C23H19ClF3N3O4/c1-32-20-9-15(11-29-30-21-18(24)10-17(12-28-21)23(25,26)27)5-8-19(20)34-13-14-3-6-16(7-4-14)22(31)33-2/h3-12H,13H2,1-2H3,(H,28,30)/b29-11-. The van der Waals surface area contributed by atoms with Crippen LogP contribution < -0.4 is 14.9 Å². The fourth-order valence-electron chi connectivity index (χ4n) is 2.74. The van der Waals surface area contributed by atoms with Crippen molar-refractivity contribution in [3.8, 4) is 11.5 Å². The molecule has 0 amide bonds. The number of pyridine rings is 1. The number of benzene rings is 2. The van der Waals surface area contributed by atoms with Crippen molar-refractivity contribution in [2.75, 3.05) is 19.6 Å². The van der Waals surface area contributed by atoms with E-state index in [1.54, 1.807) is 42.5 Å². The highest BCUT2D eigenvalue weighted by Crippen LogP contribution is 2.32. The molecule has 0 unspecified atom stereocenters. The Morgan fingerprint density at radius 1 is 1.12 bits per heavy atom. The zero-order valence-corrected chi connectivity index (χ0v) is 18.8. The molecular formula is C23H19ClF3N3O4. The Morgan fingerprint density at radius 3 is 2.47 bits per heavy atom. The van der Waals surface area contributed by atoms with Gasteiger partial charge < -0.3 is 14.2 Å². The van der Waals surface area contributed by atoms with Crippen molar-refractivity contribution in [3.63, 3.8) is 0 Å². The van der Waals surface area contributed by atoms with Crippen LogP contribution in [0.3, 0.4) is 0 Å². The summed E-state index contributed by atoms with van der Waals surface area (Å²) in [5.41, 5.74) is 3.46. The van der Waals surface area contributed by atoms with Gasteiger partial charge in [0.05, 0.1) is 36.6 Å². The molecular weight excluding hydrogens is 475 g/mol. The Bertz CT molecular complexity index is 1190. The number of hydrogen-bond donors (Lipinski definition) is 1. The number of halogens is 4. The number of carbonyl (C=O) groups is 1. The SMILES string of the molecule is COC(=O)c1ccc(COc2ccc(/C=N\Nc3ncc(C(F)(F)F)cc3Cl)cc2OC)cc1. The maximum Gasteiger partial charge on any atom is 0.417 e. The van der Waals surface area contributed by atoms with Gasteiger partial charge in [0.25, 0.3) is 0 Å². The summed E-state index contributed by atoms with van der Waals surface area (Å²) < 4.78 is 53.9. The molecule has 0 atom stereocenters. The number of hydrogen-bond acceptors (Lipinski definition) is 7. The van der Waals surface area contributed by atoms with Gasteiger partial charge in [-0.2, -0.15) is 18.3 Å². The topological polar surface area (TPSA) is 82.0 Å². The van der Waals surface area contributed by atoms with Crippen LogP contribution in [0.1, 0.15) is 27.0 Å². The number of nitrogens with zero attached hydrogens (tertiary/aromatic N) is 2. The Kier molecular flexibility index (Phi) is 7.95. The number of rotatable bonds is 8. The molecule has 1 aromatic heterocycles. The van der Waals surface area contributed by atoms with Crippen LogP contribution in [0, 0.1) is 0 Å². The van der Waals surface area contributed by atoms with Crippen molar-refractivity contribution < 1.29 is 32.2 Å². The van der Waals surface area contributed by atoms with E-state index >= 15 is 0 Å². The Balaban J connectivity index is 1.63. The molecule has 2 aromatic carbocycles. The van der Waals surface area contributed by atoms with Crippen LogP contribution in [-0.2, 0) is 17.5 Å². The molecule has 3 aromatic rings. The fourth-order valence-corrected chi connectivity index (χ4v) is 2.95. The molecule has 1 heterocycles. The van der Waals surface area contributed by atoms with Crippen LogP contribution in [0.4, 0.5) is 19.0 Å². The molecule has 0 spiro atoms. The van der Waals surface area contributed by atoms with Crippen molar-refractivity contribution in [1.29, 1.82) is 0 Å². The number of methoxy groups -OCH3 is 2. The monoisotopic (exact) mass is 493 g/mol. The minimum absolute atomic E-state index is 0.0175. The third kappa shape index (κ3) is 6.38. The van der Waals surface area contributed by atoms with Crippen LogP contribution in [0.5, 0.6) is 11.5 Å². The van der Waals surface area contributed by atoms with Crippen LogP contribution in [-0.4, -0.2) is 31.4 Å². The fraction of sp³-hybridized carbons (Fsp3) is 0.174. The lowest BCUT2D eigenvalue weighted by Gasteiger charge is -2.12. The van der Waals surface area contributed by atoms with Crippen LogP contribution >= 0.6 is 11.6 Å². The van der Waals surface area contributed by atoms with Crippen molar-refractivity contribution >= 4 is 29.6 Å². The van der Waals surface area contributed by atoms with Crippen molar-refractivity contribution in [2.45, 2.75) is 12.8 Å². The molecule has 0 saturated carbocycles. The van der Waals surface area contributed by atoms with Gasteiger partial charge in [-0.3, -0.25) is 5.43 Å². The van der Waals surface area contributed by atoms with E-state index in [0.29, 0.717) is 28.8 Å². The van der Waals surface area contributed by atoms with Crippen LogP contribution in [0.25, 0.3) is 0 Å². The van der Waals surface area contributed by atoms with Gasteiger partial charge in [-0.05, 0) is 47.5 Å². The summed E-state index contributed by atoms with van der Waals surface area (Å²) in [5, 5.41) is 3.74. The second-order valence-corrected chi connectivity index (χ2v) is 7.22. The van der Waals surface area contributed by atoms with Gasteiger partial charge in [-0.25, -0.2) is 9.78 Å². The lowest BCUT2D eigenvalue weighted by molar-refractivity contribution is -0.137. The predicted molar refractivity (Wildman–Crippen MR) is 121 cm³/mol. The number of hydrazone groups is 1. The third-order valence-electron chi connectivity index (χ3n) is 4.51. The Labute approximate surface area is 198 Å². The van der Waals surface area contributed by atoms with E-state index in [1.807, 2.05) is 0 Å². The van der Waals surface area contributed by atoms with Gasteiger partial charge in [0, 0.05) is 6.20 Å². The lowest BCUT2D eigenvalue weighted by Crippen LogP contribution is -2.06. The Morgan fingerprint density at radius 2 is 1.85 bits per heavy atom. The van der Waals surface area contributed by atoms with Crippen molar-refractivity contribution in [1.82, 2.24) is 4.98 Å². The number of anilines is 1. The van der Waals surface area contributed by atoms with E-state index in [-0.39, 0.29) is 17.4 Å². The van der Waals surface area contributed by atoms with Gasteiger partial charge in [0.1, 0.15) is 6.61 Å². The average molecular weight is 494 g/mol. The summed E-state index contributed by atoms with van der Waals surface area (Å²) in [4.78, 5) is 15.2. The first-order chi connectivity index (χ1) is 16.2. The predicted octanol–water partition coefficient (Wildman–Crippen LogP) is 5.57. The average Bonchev–Trinajstić information content (AvgIpc) is 2.83. The quantitative estimate of drug-likeness (QED) is 0.251. The highest BCUT2D eigenvalue weighted by Gasteiger charge is 2.31. The number of aromatic nitrogens is 1. The molecule has 0 saturated heterocycles. The number of ether oxygens (including phenoxy) is 3. The largest absolute Gasteiger partial charge is 0.493 e. The Hall–Kier alpha value is -3.79. The van der Waals surface area contributed by atoms with E-state index in [4.69, 9.17) is 21.1 Å². The highest BCUT2D eigenvalue weighted by molar-refractivity contribution is 6.33. The maximum atomic E-state index is 12.7. The summed E-state index contributed by atoms with van der Waals surface area (Å²) in [6, 6.07) is 12.6. The first-order valence-electron chi connectivity index (χ1n) is 9.71. The van der Waals surface area contributed by atoms with Gasteiger partial charge in [-0.1, -0.05) is 23.7 Å². The molecule has 34 heavy (non-hydrogen) atoms. The molecule has 0 fully saturated rings. The van der Waals surface area contributed by atoms with Crippen LogP contribution in [0.15, 0.2) is 59.8 Å². The molecule has 0 bridgehead atoms. The number of esters is 1. The molecule has 178 valence electrons. The first kappa shape index (κ1) is 24.8. The molecule has 0 aliphatic rings. The van der Waals surface area contributed by atoms with Gasteiger partial charge in [0.2, 0.25) is 0 Å². The summed E-state index contributed by atoms with van der Waals surface area (Å²) >= 11 is 5.84. The minimum atomic E-state index is -4.54. The zero-order valence-electron chi connectivity index (χ0n) is 18.0. The number of alkyl halides is 3. The summed E-state index contributed by atoms with van der Waals surface area (Å²) in [6.45, 7) is 0.241. The molecule has 7 nitrogen and oxygen atoms in total. The number of carbonyl (C=O) groups excluding carboxylic acids is 1. The van der Waals surface area contributed by atoms with E-state index in [0.717, 1.165) is 11.6 Å². The normalized spacial score (nSPS) is 11.4. The number of nitrogens with one attached hydrogen (secondary N) is 1. The van der Waals surface area contributed by atoms with Crippen molar-refractivity contribution in [2.24, 2.45) is 5.10 Å². The summed E-state index contributed by atoms with van der Waals surface area (Å²) in [5.74, 6) is 0.492. The second kappa shape index (κ2) is 10.9. The molecule has 11 heteroatoms. The third-order valence-corrected chi connectivity index (χ3v) is 4.80. The van der Waals surface area contributed by atoms with Gasteiger partial charge in [-0.15, -0.1) is 0 Å². The molecule has 0 aliphatic carbocycles. The second-order valence-electron chi connectivity index (χ2n) is 6.81. The van der Waals surface area contributed by atoms with E-state index in [2.05, 4.69) is 20.2 Å². The lowest BCUT2D eigenvalue weighted by atomic mass is 10.1.